The van der Waals surface area contributed by atoms with E-state index in [0.717, 1.165) is 0 Å². The number of H-pyrrole nitrogens is 1. The number of likely N-dealkylation sites (tertiary alicyclic amines) is 1. The summed E-state index contributed by atoms with van der Waals surface area (Å²) in [7, 11) is 0. The smallest absolute Gasteiger partial charge is 0.410 e. The van der Waals surface area contributed by atoms with Gasteiger partial charge in [-0.15, -0.1) is 0 Å². The highest BCUT2D eigenvalue weighted by molar-refractivity contribution is 5.72. The van der Waals surface area contributed by atoms with Crippen molar-refractivity contribution >= 4 is 11.7 Å². The molecule has 0 atom stereocenters. The van der Waals surface area contributed by atoms with Crippen molar-refractivity contribution in [2.45, 2.75) is 57.7 Å². The van der Waals surface area contributed by atoms with E-state index in [2.05, 4.69) is 20.2 Å². The van der Waals surface area contributed by atoms with Crippen LogP contribution in [0.2, 0.25) is 0 Å². The summed E-state index contributed by atoms with van der Waals surface area (Å²) in [5, 5.41) is 7.90. The van der Waals surface area contributed by atoms with Crippen LogP contribution in [0.5, 0.6) is 0 Å². The molecule has 0 aromatic carbocycles. The number of piperidine rings is 1. The number of halogens is 3. The number of carbonyl (C=O) groups is 1. The summed E-state index contributed by atoms with van der Waals surface area (Å²) in [6, 6.07) is 1.43. The standard InChI is InChI=1S/C20H23F3N6O4/c1-19(2,3)32-18(31)28-6-4-11(5-7-28)13-8-14(30)25-17-12(10-24-29(13)17)16-26-15(33-27-16)9-20(21,22)23/h8,10-11H,4-7,9H2,1-3H3,(H,25,30). The second-order valence-electron chi connectivity index (χ2n) is 8.92. The van der Waals surface area contributed by atoms with Gasteiger partial charge in [0.15, 0.2) is 0 Å². The predicted molar refractivity (Wildman–Crippen MR) is 109 cm³/mol. The molecule has 3 aromatic rings. The van der Waals surface area contributed by atoms with E-state index < -0.39 is 29.6 Å². The summed E-state index contributed by atoms with van der Waals surface area (Å²) >= 11 is 0. The van der Waals surface area contributed by atoms with Crippen LogP contribution in [-0.2, 0) is 11.2 Å². The number of ether oxygens (including phenoxy) is 1. The Morgan fingerprint density at radius 1 is 1.27 bits per heavy atom. The van der Waals surface area contributed by atoms with Crippen molar-refractivity contribution in [3.63, 3.8) is 0 Å². The third-order valence-corrected chi connectivity index (χ3v) is 5.16. The Kier molecular flexibility index (Phi) is 5.66. The van der Waals surface area contributed by atoms with Gasteiger partial charge >= 0.3 is 12.3 Å². The highest BCUT2D eigenvalue weighted by Crippen LogP contribution is 2.30. The summed E-state index contributed by atoms with van der Waals surface area (Å²) in [5.74, 6) is -0.742. The van der Waals surface area contributed by atoms with Gasteiger partial charge in [0.1, 0.15) is 17.7 Å². The summed E-state index contributed by atoms with van der Waals surface area (Å²) in [4.78, 5) is 32.7. The maximum Gasteiger partial charge on any atom is 0.410 e. The molecule has 10 nitrogen and oxygen atoms in total. The molecule has 4 rings (SSSR count). The van der Waals surface area contributed by atoms with E-state index in [1.54, 1.807) is 25.7 Å². The van der Waals surface area contributed by atoms with Crippen molar-refractivity contribution in [2.24, 2.45) is 0 Å². The Morgan fingerprint density at radius 2 is 1.97 bits per heavy atom. The van der Waals surface area contributed by atoms with Crippen molar-refractivity contribution in [1.82, 2.24) is 29.6 Å². The number of hydrogen-bond donors (Lipinski definition) is 1. The summed E-state index contributed by atoms with van der Waals surface area (Å²) < 4.78 is 49.4. The minimum Gasteiger partial charge on any atom is -0.444 e. The van der Waals surface area contributed by atoms with E-state index in [9.17, 15) is 22.8 Å². The lowest BCUT2D eigenvalue weighted by molar-refractivity contribution is -0.131. The Morgan fingerprint density at radius 3 is 2.61 bits per heavy atom. The molecular weight excluding hydrogens is 445 g/mol. The van der Waals surface area contributed by atoms with Gasteiger partial charge in [-0.3, -0.25) is 4.79 Å². The average Bonchev–Trinajstić information content (AvgIpc) is 3.31. The Balaban J connectivity index is 1.57. The van der Waals surface area contributed by atoms with Gasteiger partial charge in [0.2, 0.25) is 11.7 Å². The summed E-state index contributed by atoms with van der Waals surface area (Å²) in [5.41, 5.74) is 0.146. The summed E-state index contributed by atoms with van der Waals surface area (Å²) in [6.07, 6.45) is -3.68. The number of aromatic amines is 1. The lowest BCUT2D eigenvalue weighted by atomic mass is 9.93. The van der Waals surface area contributed by atoms with Gasteiger partial charge < -0.3 is 19.1 Å². The molecule has 13 heteroatoms. The summed E-state index contributed by atoms with van der Waals surface area (Å²) in [6.45, 7) is 6.31. The molecule has 0 radical (unpaired) electrons. The van der Waals surface area contributed by atoms with E-state index in [-0.39, 0.29) is 29.0 Å². The molecule has 1 aliphatic rings. The van der Waals surface area contributed by atoms with E-state index in [1.165, 1.54) is 16.8 Å². The lowest BCUT2D eigenvalue weighted by Gasteiger charge is -2.33. The van der Waals surface area contributed by atoms with Gasteiger partial charge in [-0.25, -0.2) is 9.31 Å². The number of fused-ring (bicyclic) bond motifs is 1. The van der Waals surface area contributed by atoms with Crippen LogP contribution in [0, 0.1) is 0 Å². The molecule has 178 valence electrons. The van der Waals surface area contributed by atoms with Gasteiger partial charge in [-0.2, -0.15) is 23.3 Å². The van der Waals surface area contributed by atoms with E-state index in [0.29, 0.717) is 31.6 Å². The molecule has 1 fully saturated rings. The third-order valence-electron chi connectivity index (χ3n) is 5.16. The van der Waals surface area contributed by atoms with Gasteiger partial charge in [-0.05, 0) is 33.6 Å². The zero-order valence-corrected chi connectivity index (χ0v) is 18.3. The lowest BCUT2D eigenvalue weighted by Crippen LogP contribution is -2.41. The molecular formula is C20H23F3N6O4. The first-order valence-electron chi connectivity index (χ1n) is 10.4. The van der Waals surface area contributed by atoms with Crippen LogP contribution in [0.25, 0.3) is 17.0 Å². The fourth-order valence-corrected chi connectivity index (χ4v) is 3.76. The van der Waals surface area contributed by atoms with Gasteiger partial charge in [-0.1, -0.05) is 5.16 Å². The van der Waals surface area contributed by atoms with Crippen LogP contribution in [0.15, 0.2) is 21.6 Å². The number of aromatic nitrogens is 5. The zero-order valence-electron chi connectivity index (χ0n) is 18.3. The number of nitrogens with zero attached hydrogens (tertiary/aromatic N) is 5. The van der Waals surface area contributed by atoms with Crippen molar-refractivity contribution in [3.8, 4) is 11.4 Å². The first kappa shape index (κ1) is 22.8. The van der Waals surface area contributed by atoms with Crippen LogP contribution >= 0.6 is 0 Å². The van der Waals surface area contributed by atoms with Crippen LogP contribution in [0.4, 0.5) is 18.0 Å². The molecule has 0 bridgehead atoms. The van der Waals surface area contributed by atoms with Crippen LogP contribution < -0.4 is 5.56 Å². The van der Waals surface area contributed by atoms with Crippen LogP contribution in [0.3, 0.4) is 0 Å². The van der Waals surface area contributed by atoms with Gasteiger partial charge in [0.25, 0.3) is 5.56 Å². The first-order chi connectivity index (χ1) is 15.4. The minimum atomic E-state index is -4.49. The van der Waals surface area contributed by atoms with E-state index in [4.69, 9.17) is 9.26 Å². The highest BCUT2D eigenvalue weighted by Gasteiger charge is 2.32. The van der Waals surface area contributed by atoms with Crippen molar-refractivity contribution in [2.75, 3.05) is 13.1 Å². The van der Waals surface area contributed by atoms with Gasteiger partial charge in [0.05, 0.1) is 17.5 Å². The Hall–Kier alpha value is -3.38. The third kappa shape index (κ3) is 5.17. The number of carbonyl (C=O) groups excluding carboxylic acids is 1. The van der Waals surface area contributed by atoms with E-state index >= 15 is 0 Å². The molecule has 0 aliphatic carbocycles. The molecule has 3 aromatic heterocycles. The van der Waals surface area contributed by atoms with E-state index in [1.807, 2.05) is 0 Å². The fraction of sp³-hybridized carbons (Fsp3) is 0.550. The molecule has 1 aliphatic heterocycles. The van der Waals surface area contributed by atoms with Crippen molar-refractivity contribution < 1.29 is 27.2 Å². The monoisotopic (exact) mass is 468 g/mol. The maximum absolute atomic E-state index is 12.6. The number of rotatable bonds is 3. The molecule has 0 spiro atoms. The fourth-order valence-electron chi connectivity index (χ4n) is 3.76. The second-order valence-corrected chi connectivity index (χ2v) is 8.92. The Bertz CT molecular complexity index is 1220. The molecule has 4 heterocycles. The molecule has 33 heavy (non-hydrogen) atoms. The molecule has 0 saturated carbocycles. The molecule has 1 N–H and O–H groups in total. The van der Waals surface area contributed by atoms with Crippen LogP contribution in [0.1, 0.15) is 51.1 Å². The maximum atomic E-state index is 12.6. The predicted octanol–water partition coefficient (Wildman–Crippen LogP) is 3.29. The number of hydrogen-bond acceptors (Lipinski definition) is 7. The SMILES string of the molecule is CC(C)(C)OC(=O)N1CCC(c2cc(=O)[nH]c3c(-c4noc(CC(F)(F)F)n4)cnn23)CC1. The van der Waals surface area contributed by atoms with Crippen molar-refractivity contribution in [3.05, 3.63) is 34.2 Å². The molecule has 1 amide bonds. The molecule has 0 unspecified atom stereocenters. The Labute approximate surface area is 185 Å². The van der Waals surface area contributed by atoms with Crippen molar-refractivity contribution in [1.29, 1.82) is 0 Å². The number of nitrogens with one attached hydrogen (secondary N) is 1. The molecule has 1 saturated heterocycles. The topological polar surface area (TPSA) is 119 Å². The number of amides is 1. The quantitative estimate of drug-likeness (QED) is 0.627. The number of alkyl halides is 3. The first-order valence-corrected chi connectivity index (χ1v) is 10.4. The second kappa shape index (κ2) is 8.19. The zero-order chi connectivity index (χ0) is 24.0. The van der Waals surface area contributed by atoms with Crippen LogP contribution in [-0.4, -0.2) is 60.6 Å². The largest absolute Gasteiger partial charge is 0.444 e. The highest BCUT2D eigenvalue weighted by atomic mass is 19.4. The normalized spacial score (nSPS) is 15.9. The minimum absolute atomic E-state index is 0.0627. The van der Waals surface area contributed by atoms with Gasteiger partial charge in [0, 0.05) is 25.1 Å². The average molecular weight is 468 g/mol.